The average Bonchev–Trinajstić information content (AvgIpc) is 3.07. The van der Waals surface area contributed by atoms with Crippen LogP contribution in [-0.2, 0) is 0 Å². The van der Waals surface area contributed by atoms with Gasteiger partial charge in [0.1, 0.15) is 0 Å². The monoisotopic (exact) mass is 309 g/mol. The zero-order chi connectivity index (χ0) is 13.2. The van der Waals surface area contributed by atoms with E-state index in [9.17, 15) is 4.79 Å². The van der Waals surface area contributed by atoms with Gasteiger partial charge in [0.2, 0.25) is 0 Å². The van der Waals surface area contributed by atoms with E-state index in [2.05, 4.69) is 27.3 Å². The molecule has 2 nitrogen and oxygen atoms in total. The fraction of sp³-hybridized carbons (Fsp3) is 0.533. The maximum atomic E-state index is 12.1. The Kier molecular flexibility index (Phi) is 4.10. The minimum Gasteiger partial charge on any atom is -0.351 e. The van der Waals surface area contributed by atoms with Gasteiger partial charge in [-0.15, -0.1) is 0 Å². The number of carbonyl (C=O) groups is 1. The highest BCUT2D eigenvalue weighted by molar-refractivity contribution is 9.09. The van der Waals surface area contributed by atoms with E-state index in [1.807, 2.05) is 26.0 Å². The molecule has 0 spiro atoms. The van der Waals surface area contributed by atoms with Gasteiger partial charge >= 0.3 is 0 Å². The lowest BCUT2D eigenvalue weighted by molar-refractivity contribution is 0.0944. The van der Waals surface area contributed by atoms with Crippen LogP contribution in [0.25, 0.3) is 0 Å². The fourth-order valence-electron chi connectivity index (χ4n) is 2.32. The van der Waals surface area contributed by atoms with Crippen LogP contribution in [0, 0.1) is 19.3 Å². The Morgan fingerprint density at radius 2 is 2.11 bits per heavy atom. The number of benzene rings is 1. The number of alkyl halides is 1. The summed E-state index contributed by atoms with van der Waals surface area (Å²) in [6.07, 6.45) is 3.64. The van der Waals surface area contributed by atoms with Crippen molar-refractivity contribution in [1.82, 2.24) is 5.32 Å². The van der Waals surface area contributed by atoms with E-state index in [4.69, 9.17) is 0 Å². The molecular formula is C15H20BrNO. The van der Waals surface area contributed by atoms with E-state index in [0.717, 1.165) is 29.4 Å². The minimum atomic E-state index is 0.0633. The lowest BCUT2D eigenvalue weighted by Gasteiger charge is -2.15. The van der Waals surface area contributed by atoms with Gasteiger partial charge in [0.25, 0.3) is 5.91 Å². The summed E-state index contributed by atoms with van der Waals surface area (Å²) in [5.74, 6) is 0.0633. The molecule has 0 atom stereocenters. The summed E-state index contributed by atoms with van der Waals surface area (Å²) in [7, 11) is 0. The minimum absolute atomic E-state index is 0.0633. The van der Waals surface area contributed by atoms with Gasteiger partial charge in [0, 0.05) is 17.4 Å². The standard InChI is InChI=1S/C15H20BrNO/c1-11-3-4-13(12(2)9-11)14(18)17-10-15(5-6-15)7-8-16/h3-4,9H,5-8,10H2,1-2H3,(H,17,18). The molecule has 0 radical (unpaired) electrons. The smallest absolute Gasteiger partial charge is 0.251 e. The molecule has 0 heterocycles. The van der Waals surface area contributed by atoms with E-state index in [1.54, 1.807) is 0 Å². The van der Waals surface area contributed by atoms with Crippen LogP contribution in [-0.4, -0.2) is 17.8 Å². The van der Waals surface area contributed by atoms with E-state index in [-0.39, 0.29) is 5.91 Å². The summed E-state index contributed by atoms with van der Waals surface area (Å²) in [6.45, 7) is 4.85. The molecule has 1 N–H and O–H groups in total. The molecule has 1 saturated carbocycles. The molecule has 0 aromatic heterocycles. The first-order valence-electron chi connectivity index (χ1n) is 6.48. The number of carbonyl (C=O) groups excluding carboxylic acids is 1. The molecule has 0 saturated heterocycles. The Morgan fingerprint density at radius 1 is 1.39 bits per heavy atom. The van der Waals surface area contributed by atoms with Gasteiger partial charge in [-0.2, -0.15) is 0 Å². The van der Waals surface area contributed by atoms with Crippen LogP contribution in [0.4, 0.5) is 0 Å². The maximum absolute atomic E-state index is 12.1. The topological polar surface area (TPSA) is 29.1 Å². The Labute approximate surface area is 117 Å². The molecule has 2 rings (SSSR count). The number of aryl methyl sites for hydroxylation is 2. The summed E-state index contributed by atoms with van der Waals surface area (Å²) in [4.78, 5) is 12.1. The molecule has 1 fully saturated rings. The molecule has 1 aromatic carbocycles. The summed E-state index contributed by atoms with van der Waals surface area (Å²) >= 11 is 3.48. The second-order valence-corrected chi connectivity index (χ2v) is 6.23. The molecule has 98 valence electrons. The van der Waals surface area contributed by atoms with Crippen molar-refractivity contribution in [3.63, 3.8) is 0 Å². The molecular weight excluding hydrogens is 290 g/mol. The first-order valence-corrected chi connectivity index (χ1v) is 7.60. The highest BCUT2D eigenvalue weighted by Gasteiger charge is 2.41. The van der Waals surface area contributed by atoms with Crippen LogP contribution < -0.4 is 5.32 Å². The number of amides is 1. The Balaban J connectivity index is 1.96. The van der Waals surface area contributed by atoms with Crippen molar-refractivity contribution in [3.05, 3.63) is 34.9 Å². The number of rotatable bonds is 5. The molecule has 1 aliphatic rings. The first-order chi connectivity index (χ1) is 8.56. The molecule has 0 bridgehead atoms. The molecule has 0 unspecified atom stereocenters. The Bertz CT molecular complexity index is 452. The van der Waals surface area contributed by atoms with Crippen molar-refractivity contribution >= 4 is 21.8 Å². The van der Waals surface area contributed by atoms with Crippen molar-refractivity contribution in [1.29, 1.82) is 0 Å². The van der Waals surface area contributed by atoms with Gasteiger partial charge in [-0.25, -0.2) is 0 Å². The van der Waals surface area contributed by atoms with Crippen molar-refractivity contribution in [3.8, 4) is 0 Å². The highest BCUT2D eigenvalue weighted by Crippen LogP contribution is 2.48. The third kappa shape index (κ3) is 3.14. The van der Waals surface area contributed by atoms with E-state index < -0.39 is 0 Å². The van der Waals surface area contributed by atoms with E-state index in [1.165, 1.54) is 18.4 Å². The van der Waals surface area contributed by atoms with Gasteiger partial charge < -0.3 is 5.32 Å². The SMILES string of the molecule is Cc1ccc(C(=O)NCC2(CCBr)CC2)c(C)c1. The van der Waals surface area contributed by atoms with Crippen LogP contribution in [0.1, 0.15) is 40.7 Å². The molecule has 18 heavy (non-hydrogen) atoms. The zero-order valence-corrected chi connectivity index (χ0v) is 12.6. The second-order valence-electron chi connectivity index (χ2n) is 5.44. The predicted octanol–water partition coefficient (Wildman–Crippen LogP) is 3.60. The van der Waals surface area contributed by atoms with Crippen molar-refractivity contribution in [2.75, 3.05) is 11.9 Å². The Hall–Kier alpha value is -0.830. The van der Waals surface area contributed by atoms with Crippen LogP contribution >= 0.6 is 15.9 Å². The molecule has 3 heteroatoms. The number of hydrogen-bond donors (Lipinski definition) is 1. The summed E-state index contributed by atoms with van der Waals surface area (Å²) < 4.78 is 0. The van der Waals surface area contributed by atoms with Crippen LogP contribution in [0.2, 0.25) is 0 Å². The molecule has 0 aliphatic heterocycles. The molecule has 1 aliphatic carbocycles. The third-order valence-corrected chi connectivity index (χ3v) is 4.23. The van der Waals surface area contributed by atoms with Crippen molar-refractivity contribution in [2.45, 2.75) is 33.1 Å². The average molecular weight is 310 g/mol. The van der Waals surface area contributed by atoms with Gasteiger partial charge in [-0.3, -0.25) is 4.79 Å². The van der Waals surface area contributed by atoms with Crippen molar-refractivity contribution < 1.29 is 4.79 Å². The fourth-order valence-corrected chi connectivity index (χ4v) is 3.16. The van der Waals surface area contributed by atoms with Gasteiger partial charge in [-0.05, 0) is 50.2 Å². The Morgan fingerprint density at radius 3 is 2.67 bits per heavy atom. The lowest BCUT2D eigenvalue weighted by Crippen LogP contribution is -2.30. The molecule has 1 amide bonds. The van der Waals surface area contributed by atoms with Crippen molar-refractivity contribution in [2.24, 2.45) is 5.41 Å². The zero-order valence-electron chi connectivity index (χ0n) is 11.1. The highest BCUT2D eigenvalue weighted by atomic mass is 79.9. The number of nitrogens with one attached hydrogen (secondary N) is 1. The lowest BCUT2D eigenvalue weighted by atomic mass is 10.0. The number of halogens is 1. The number of hydrogen-bond acceptors (Lipinski definition) is 1. The predicted molar refractivity (Wildman–Crippen MR) is 78.3 cm³/mol. The van der Waals surface area contributed by atoms with Crippen LogP contribution in [0.3, 0.4) is 0 Å². The van der Waals surface area contributed by atoms with Gasteiger partial charge in [-0.1, -0.05) is 33.6 Å². The van der Waals surface area contributed by atoms with Gasteiger partial charge in [0.05, 0.1) is 0 Å². The molecule has 1 aromatic rings. The normalized spacial score (nSPS) is 16.4. The maximum Gasteiger partial charge on any atom is 0.251 e. The van der Waals surface area contributed by atoms with Gasteiger partial charge in [0.15, 0.2) is 0 Å². The van der Waals surface area contributed by atoms with E-state index in [0.29, 0.717) is 5.41 Å². The van der Waals surface area contributed by atoms with Crippen LogP contribution in [0.5, 0.6) is 0 Å². The van der Waals surface area contributed by atoms with Crippen LogP contribution in [0.15, 0.2) is 18.2 Å². The quantitative estimate of drug-likeness (QED) is 0.827. The second kappa shape index (κ2) is 5.43. The van der Waals surface area contributed by atoms with E-state index >= 15 is 0 Å². The third-order valence-electron chi connectivity index (χ3n) is 3.83. The summed E-state index contributed by atoms with van der Waals surface area (Å²) in [5, 5.41) is 4.11. The summed E-state index contributed by atoms with van der Waals surface area (Å²) in [6, 6.07) is 5.97. The summed E-state index contributed by atoms with van der Waals surface area (Å²) in [5.41, 5.74) is 3.42. The largest absolute Gasteiger partial charge is 0.351 e. The first kappa shape index (κ1) is 13.6.